The van der Waals surface area contributed by atoms with Crippen LogP contribution in [0.2, 0.25) is 0 Å². The number of aromatic nitrogens is 2. The minimum Gasteiger partial charge on any atom is -0.378 e. The van der Waals surface area contributed by atoms with E-state index in [1.54, 1.807) is 0 Å². The number of carbonyl (C=O) groups excluding carboxylic acids is 1. The summed E-state index contributed by atoms with van der Waals surface area (Å²) in [6.07, 6.45) is 0. The molecule has 0 saturated carbocycles. The van der Waals surface area contributed by atoms with E-state index in [9.17, 15) is 4.79 Å². The van der Waals surface area contributed by atoms with Crippen molar-refractivity contribution in [1.82, 2.24) is 14.5 Å². The Morgan fingerprint density at radius 1 is 1.11 bits per heavy atom. The highest BCUT2D eigenvalue weighted by molar-refractivity contribution is 9.10. The molecule has 0 amide bonds. The number of halogens is 1. The van der Waals surface area contributed by atoms with Crippen LogP contribution in [0.5, 0.6) is 0 Å². The maximum absolute atomic E-state index is 12.9. The van der Waals surface area contributed by atoms with Crippen LogP contribution in [-0.4, -0.2) is 51.5 Å². The Kier molecular flexibility index (Phi) is 5.33. The second kappa shape index (κ2) is 7.88. The van der Waals surface area contributed by atoms with E-state index in [1.807, 2.05) is 53.1 Å². The van der Waals surface area contributed by atoms with E-state index in [0.29, 0.717) is 29.6 Å². The smallest absolute Gasteiger partial charge is 0.182 e. The highest BCUT2D eigenvalue weighted by Gasteiger charge is 2.22. The Bertz CT molecular complexity index is 994. The lowest BCUT2D eigenvalue weighted by Gasteiger charge is -2.28. The van der Waals surface area contributed by atoms with E-state index < -0.39 is 0 Å². The molecule has 2 heterocycles. The molecule has 1 saturated heterocycles. The Morgan fingerprint density at radius 3 is 2.56 bits per heavy atom. The number of ketones is 1. The molecule has 7 heteroatoms. The van der Waals surface area contributed by atoms with Crippen LogP contribution in [0.3, 0.4) is 0 Å². The molecule has 0 aliphatic carbocycles. The highest BCUT2D eigenvalue weighted by atomic mass is 79.9. The number of benzene rings is 2. The summed E-state index contributed by atoms with van der Waals surface area (Å²) in [5.74, 6) is 0.690. The van der Waals surface area contributed by atoms with Gasteiger partial charge in [0.15, 0.2) is 11.6 Å². The second-order valence-electron chi connectivity index (χ2n) is 6.34. The van der Waals surface area contributed by atoms with Crippen LogP contribution in [0, 0.1) is 0 Å². The van der Waals surface area contributed by atoms with E-state index in [2.05, 4.69) is 20.8 Å². The van der Waals surface area contributed by atoms with Gasteiger partial charge in [-0.3, -0.25) is 4.79 Å². The molecule has 0 spiro atoms. The Balaban J connectivity index is 1.70. The molecular formula is C20H18BrN3O2S. The van der Waals surface area contributed by atoms with Crippen LogP contribution < -0.4 is 0 Å². The first-order chi connectivity index (χ1) is 13.1. The number of ether oxygens (including phenoxy) is 1. The molecule has 5 nitrogen and oxygen atoms in total. The summed E-state index contributed by atoms with van der Waals surface area (Å²) in [6, 6.07) is 15.2. The van der Waals surface area contributed by atoms with Gasteiger partial charge in [-0.15, -0.1) is 0 Å². The fourth-order valence-corrected chi connectivity index (χ4v) is 3.78. The summed E-state index contributed by atoms with van der Waals surface area (Å²) >= 11 is 9.13. The van der Waals surface area contributed by atoms with Crippen molar-refractivity contribution in [1.29, 1.82) is 0 Å². The van der Waals surface area contributed by atoms with Gasteiger partial charge in [-0.1, -0.05) is 52.4 Å². The van der Waals surface area contributed by atoms with Crippen molar-refractivity contribution < 1.29 is 9.53 Å². The standard InChI is InChI=1S/C20H18BrN3O2S/c21-15-7-5-14(6-8-15)18(25)13-24-17-4-2-1-3-16(17)22-19(24)20(27)23-9-11-26-12-10-23/h1-8H,9-13H2. The number of para-hydroxylation sites is 2. The van der Waals surface area contributed by atoms with E-state index in [4.69, 9.17) is 21.9 Å². The lowest BCUT2D eigenvalue weighted by Crippen LogP contribution is -2.41. The van der Waals surface area contributed by atoms with Crippen molar-refractivity contribution in [3.8, 4) is 0 Å². The van der Waals surface area contributed by atoms with Gasteiger partial charge in [-0.05, 0) is 24.3 Å². The number of hydrogen-bond acceptors (Lipinski definition) is 4. The number of rotatable bonds is 4. The van der Waals surface area contributed by atoms with Gasteiger partial charge in [0, 0.05) is 23.1 Å². The number of carbonyl (C=O) groups is 1. The first-order valence-electron chi connectivity index (χ1n) is 8.74. The largest absolute Gasteiger partial charge is 0.378 e. The molecule has 27 heavy (non-hydrogen) atoms. The van der Waals surface area contributed by atoms with Crippen molar-refractivity contribution in [3.05, 3.63) is 64.4 Å². The molecular weight excluding hydrogens is 426 g/mol. The zero-order valence-electron chi connectivity index (χ0n) is 14.6. The number of Topliss-reactive ketones (excluding diaryl/α,β-unsaturated/α-hetero) is 1. The minimum absolute atomic E-state index is 0.0247. The first kappa shape index (κ1) is 18.3. The second-order valence-corrected chi connectivity index (χ2v) is 7.65. The third kappa shape index (κ3) is 3.81. The monoisotopic (exact) mass is 443 g/mol. The minimum atomic E-state index is 0.0247. The van der Waals surface area contributed by atoms with E-state index in [-0.39, 0.29) is 12.3 Å². The van der Waals surface area contributed by atoms with Gasteiger partial charge in [0.25, 0.3) is 0 Å². The topological polar surface area (TPSA) is 47.4 Å². The molecule has 1 aromatic heterocycles. The highest BCUT2D eigenvalue weighted by Crippen LogP contribution is 2.20. The lowest BCUT2D eigenvalue weighted by atomic mass is 10.1. The molecule has 138 valence electrons. The Hall–Kier alpha value is -2.09. The molecule has 1 aliphatic heterocycles. The summed E-state index contributed by atoms with van der Waals surface area (Å²) in [4.78, 5) is 20.4. The summed E-state index contributed by atoms with van der Waals surface area (Å²) in [6.45, 7) is 2.98. The molecule has 0 unspecified atom stereocenters. The van der Waals surface area contributed by atoms with Gasteiger partial charge < -0.3 is 14.2 Å². The van der Waals surface area contributed by atoms with Crippen molar-refractivity contribution in [2.45, 2.75) is 6.54 Å². The van der Waals surface area contributed by atoms with Crippen molar-refractivity contribution in [3.63, 3.8) is 0 Å². The fourth-order valence-electron chi connectivity index (χ4n) is 3.18. The zero-order valence-corrected chi connectivity index (χ0v) is 17.0. The average Bonchev–Trinajstić information content (AvgIpc) is 3.07. The number of fused-ring (bicyclic) bond motifs is 1. The molecule has 4 rings (SSSR count). The quantitative estimate of drug-likeness (QED) is 0.454. The first-order valence-corrected chi connectivity index (χ1v) is 9.94. The SMILES string of the molecule is O=C(Cn1c(C(=S)N2CCOCC2)nc2ccccc21)c1ccc(Br)cc1. The molecule has 0 N–H and O–H groups in total. The van der Waals surface area contributed by atoms with Crippen LogP contribution in [-0.2, 0) is 11.3 Å². The molecule has 0 radical (unpaired) electrons. The van der Waals surface area contributed by atoms with Gasteiger partial charge in [0.2, 0.25) is 0 Å². The van der Waals surface area contributed by atoms with Crippen molar-refractivity contribution >= 4 is 50.0 Å². The number of morpholine rings is 1. The normalized spacial score (nSPS) is 14.5. The molecule has 3 aromatic rings. The molecule has 2 aromatic carbocycles. The van der Waals surface area contributed by atoms with E-state index in [1.165, 1.54) is 0 Å². The van der Waals surface area contributed by atoms with Crippen LogP contribution in [0.4, 0.5) is 0 Å². The third-order valence-corrected chi connectivity index (χ3v) is 5.58. The third-order valence-electron chi connectivity index (χ3n) is 4.61. The van der Waals surface area contributed by atoms with Gasteiger partial charge >= 0.3 is 0 Å². The van der Waals surface area contributed by atoms with Gasteiger partial charge in [-0.25, -0.2) is 4.98 Å². The fraction of sp³-hybridized carbons (Fsp3) is 0.250. The summed E-state index contributed by atoms with van der Waals surface area (Å²) < 4.78 is 8.29. The van der Waals surface area contributed by atoms with E-state index >= 15 is 0 Å². The summed E-state index contributed by atoms with van der Waals surface area (Å²) in [5, 5.41) is 0. The number of imidazole rings is 1. The average molecular weight is 444 g/mol. The van der Waals surface area contributed by atoms with Crippen LogP contribution in [0.1, 0.15) is 16.2 Å². The predicted octanol–water partition coefficient (Wildman–Crippen LogP) is 3.69. The van der Waals surface area contributed by atoms with Gasteiger partial charge in [-0.2, -0.15) is 0 Å². The molecule has 1 fully saturated rings. The van der Waals surface area contributed by atoms with Gasteiger partial charge in [0.1, 0.15) is 4.99 Å². The van der Waals surface area contributed by atoms with Crippen LogP contribution in [0.15, 0.2) is 53.0 Å². The molecule has 0 atom stereocenters. The van der Waals surface area contributed by atoms with Crippen LogP contribution in [0.25, 0.3) is 11.0 Å². The van der Waals surface area contributed by atoms with Crippen molar-refractivity contribution in [2.24, 2.45) is 0 Å². The number of nitrogens with zero attached hydrogens (tertiary/aromatic N) is 3. The van der Waals surface area contributed by atoms with Gasteiger partial charge in [0.05, 0.1) is 30.8 Å². The lowest BCUT2D eigenvalue weighted by molar-refractivity contribution is 0.0690. The number of hydrogen-bond donors (Lipinski definition) is 0. The predicted molar refractivity (Wildman–Crippen MR) is 112 cm³/mol. The Morgan fingerprint density at radius 2 is 1.81 bits per heavy atom. The van der Waals surface area contributed by atoms with Crippen LogP contribution >= 0.6 is 28.1 Å². The summed E-state index contributed by atoms with van der Waals surface area (Å²) in [7, 11) is 0. The maximum atomic E-state index is 12.9. The number of thiocarbonyl (C=S) groups is 1. The zero-order chi connectivity index (χ0) is 18.8. The Labute approximate surface area is 171 Å². The maximum Gasteiger partial charge on any atom is 0.182 e. The van der Waals surface area contributed by atoms with E-state index in [0.717, 1.165) is 28.6 Å². The molecule has 0 bridgehead atoms. The summed E-state index contributed by atoms with van der Waals surface area (Å²) in [5.41, 5.74) is 2.42. The molecule has 1 aliphatic rings. The van der Waals surface area contributed by atoms with Crippen molar-refractivity contribution in [2.75, 3.05) is 26.3 Å².